The molecule has 0 saturated carbocycles. The van der Waals surface area contributed by atoms with Gasteiger partial charge in [0.2, 0.25) is 5.79 Å². The largest absolute Gasteiger partial charge is 0.484 e. The zero-order chi connectivity index (χ0) is 25.8. The maximum Gasteiger partial charge on any atom is 0.339 e. The van der Waals surface area contributed by atoms with Crippen molar-refractivity contribution < 1.29 is 28.5 Å². The van der Waals surface area contributed by atoms with Crippen molar-refractivity contribution in [2.75, 3.05) is 7.11 Å². The monoisotopic (exact) mass is 500 g/mol. The number of hydrogen-bond donors (Lipinski definition) is 1. The van der Waals surface area contributed by atoms with Crippen LogP contribution in [0.1, 0.15) is 18.2 Å². The molecule has 2 bridgehead atoms. The van der Waals surface area contributed by atoms with E-state index in [2.05, 4.69) is 10.3 Å². The lowest BCUT2D eigenvalue weighted by molar-refractivity contribution is -0.195. The summed E-state index contributed by atoms with van der Waals surface area (Å²) in [6, 6.07) is 24.4. The van der Waals surface area contributed by atoms with E-state index in [1.165, 1.54) is 7.11 Å². The molecule has 3 heterocycles. The number of benzene rings is 2. The molecular formula is C29H28N2O6. The Kier molecular flexibility index (Phi) is 7.03. The van der Waals surface area contributed by atoms with Crippen LogP contribution in [-0.2, 0) is 36.8 Å². The first-order valence-corrected chi connectivity index (χ1v) is 12.1. The van der Waals surface area contributed by atoms with Crippen molar-refractivity contribution in [1.29, 1.82) is 0 Å². The zero-order valence-electron chi connectivity index (χ0n) is 20.6. The first-order chi connectivity index (χ1) is 18.0. The minimum absolute atomic E-state index is 0.0217. The highest BCUT2D eigenvalue weighted by atomic mass is 16.8. The molecule has 1 fully saturated rings. The van der Waals surface area contributed by atoms with Crippen LogP contribution in [0.2, 0.25) is 0 Å². The Balaban J connectivity index is 1.55. The number of fused-ring (bicyclic) bond motifs is 2. The molecule has 4 unspecified atom stereocenters. The molecule has 37 heavy (non-hydrogen) atoms. The van der Waals surface area contributed by atoms with Gasteiger partial charge in [-0.1, -0.05) is 54.6 Å². The zero-order valence-corrected chi connectivity index (χ0v) is 20.6. The highest BCUT2D eigenvalue weighted by Crippen LogP contribution is 2.50. The third kappa shape index (κ3) is 4.85. The Morgan fingerprint density at radius 1 is 1.00 bits per heavy atom. The summed E-state index contributed by atoms with van der Waals surface area (Å²) in [7, 11) is 1.27. The number of aromatic nitrogens is 1. The van der Waals surface area contributed by atoms with Gasteiger partial charge in [-0.3, -0.25) is 9.78 Å². The molecular weight excluding hydrogens is 472 g/mol. The van der Waals surface area contributed by atoms with Crippen LogP contribution >= 0.6 is 0 Å². The van der Waals surface area contributed by atoms with Crippen molar-refractivity contribution in [3.8, 4) is 5.75 Å². The molecule has 0 aliphatic carbocycles. The highest BCUT2D eigenvalue weighted by Gasteiger charge is 2.66. The second-order valence-electron chi connectivity index (χ2n) is 8.92. The van der Waals surface area contributed by atoms with Crippen LogP contribution in [-0.4, -0.2) is 48.1 Å². The average molecular weight is 501 g/mol. The van der Waals surface area contributed by atoms with Gasteiger partial charge in [-0.05, 0) is 36.8 Å². The van der Waals surface area contributed by atoms with Gasteiger partial charge in [0.25, 0.3) is 5.91 Å². The molecule has 0 radical (unpaired) electrons. The normalized spacial score (nSPS) is 23.0. The number of rotatable bonds is 9. The van der Waals surface area contributed by atoms with E-state index in [1.54, 1.807) is 12.3 Å². The number of esters is 1. The van der Waals surface area contributed by atoms with Crippen molar-refractivity contribution in [2.45, 2.75) is 44.0 Å². The number of carbonyl (C=O) groups is 2. The summed E-state index contributed by atoms with van der Waals surface area (Å²) in [5.41, 5.74) is 1.86. The van der Waals surface area contributed by atoms with Crippen molar-refractivity contribution >= 4 is 11.9 Å². The van der Waals surface area contributed by atoms with Crippen LogP contribution in [0.5, 0.6) is 5.75 Å². The summed E-state index contributed by atoms with van der Waals surface area (Å²) >= 11 is 0. The molecule has 5 rings (SSSR count). The van der Waals surface area contributed by atoms with Gasteiger partial charge in [0.15, 0.2) is 6.10 Å². The predicted molar refractivity (Wildman–Crippen MR) is 134 cm³/mol. The van der Waals surface area contributed by atoms with E-state index in [0.717, 1.165) is 5.56 Å². The van der Waals surface area contributed by atoms with Gasteiger partial charge in [0.1, 0.15) is 17.4 Å². The summed E-state index contributed by atoms with van der Waals surface area (Å²) in [5, 5.41) is 2.87. The number of nitrogens with zero attached hydrogens (tertiary/aromatic N) is 1. The molecule has 1 N–H and O–H groups in total. The molecule has 0 spiro atoms. The van der Waals surface area contributed by atoms with E-state index >= 15 is 0 Å². The number of para-hydroxylation sites is 1. The molecule has 3 aromatic rings. The number of carbonyl (C=O) groups excluding carboxylic acids is 2. The number of ether oxygens (including phenoxy) is 4. The van der Waals surface area contributed by atoms with Gasteiger partial charge >= 0.3 is 5.97 Å². The van der Waals surface area contributed by atoms with Gasteiger partial charge in [0.05, 0.1) is 31.0 Å². The van der Waals surface area contributed by atoms with E-state index in [1.807, 2.05) is 79.7 Å². The second kappa shape index (κ2) is 10.5. The predicted octanol–water partition coefficient (Wildman–Crippen LogP) is 3.37. The Bertz CT molecular complexity index is 1240. The fourth-order valence-electron chi connectivity index (χ4n) is 4.82. The summed E-state index contributed by atoms with van der Waals surface area (Å²) in [6.07, 6.45) is -0.0446. The number of nitrogens with one attached hydrogen (secondary N) is 1. The second-order valence-corrected chi connectivity index (χ2v) is 8.92. The van der Waals surface area contributed by atoms with Crippen molar-refractivity contribution in [2.24, 2.45) is 0 Å². The van der Waals surface area contributed by atoms with E-state index in [0.29, 0.717) is 17.9 Å². The molecule has 8 heteroatoms. The summed E-state index contributed by atoms with van der Waals surface area (Å²) in [4.78, 5) is 31.0. The molecule has 8 nitrogen and oxygen atoms in total. The Morgan fingerprint density at radius 2 is 1.70 bits per heavy atom. The minimum Gasteiger partial charge on any atom is -0.484 e. The molecule has 2 aromatic carbocycles. The fraction of sp³-hybridized carbons (Fsp3) is 0.276. The van der Waals surface area contributed by atoms with Gasteiger partial charge in [-0.2, -0.15) is 0 Å². The maximum atomic E-state index is 13.5. The van der Waals surface area contributed by atoms with Crippen LogP contribution in [0.3, 0.4) is 0 Å². The molecule has 4 atom stereocenters. The highest BCUT2D eigenvalue weighted by molar-refractivity contribution is 6.06. The van der Waals surface area contributed by atoms with Crippen LogP contribution in [0, 0.1) is 0 Å². The lowest BCUT2D eigenvalue weighted by Gasteiger charge is -2.36. The summed E-state index contributed by atoms with van der Waals surface area (Å²) in [6.45, 7) is 2.01. The molecule has 2 aliphatic heterocycles. The van der Waals surface area contributed by atoms with Crippen LogP contribution < -0.4 is 10.1 Å². The molecule has 1 amide bonds. The minimum atomic E-state index is -1.64. The van der Waals surface area contributed by atoms with Crippen LogP contribution in [0.4, 0.5) is 0 Å². The Labute approximate surface area is 215 Å². The SMILES string of the molecule is COC(=O)C1=C(C(=O)NCc2ccccn2)C2OC1(C(Cc1ccccc1)Oc1ccccc1)OC2C. The number of methoxy groups -OCH3 is 1. The lowest BCUT2D eigenvalue weighted by atomic mass is 9.88. The van der Waals surface area contributed by atoms with E-state index < -0.39 is 36.0 Å². The Morgan fingerprint density at radius 3 is 2.38 bits per heavy atom. The van der Waals surface area contributed by atoms with E-state index in [4.69, 9.17) is 18.9 Å². The fourth-order valence-corrected chi connectivity index (χ4v) is 4.82. The van der Waals surface area contributed by atoms with Gasteiger partial charge in [-0.25, -0.2) is 4.79 Å². The van der Waals surface area contributed by atoms with Gasteiger partial charge in [-0.15, -0.1) is 0 Å². The van der Waals surface area contributed by atoms with Crippen molar-refractivity contribution in [3.05, 3.63) is 107 Å². The number of pyridine rings is 1. The standard InChI is InChI=1S/C29H28N2O6/c1-19-26-24(27(32)31-18-21-13-9-10-16-30-21)25(28(33)34-2)29(36-19,37-26)23(17-20-11-5-3-6-12-20)35-22-14-7-4-8-15-22/h3-16,19,23,26H,17-18H2,1-2H3,(H,31,32). The first-order valence-electron chi connectivity index (χ1n) is 12.1. The quantitative estimate of drug-likeness (QED) is 0.450. The molecule has 190 valence electrons. The smallest absolute Gasteiger partial charge is 0.339 e. The average Bonchev–Trinajstić information content (AvgIpc) is 3.46. The lowest BCUT2D eigenvalue weighted by Crippen LogP contribution is -2.52. The summed E-state index contributed by atoms with van der Waals surface area (Å²) < 4.78 is 24.3. The Hall–Kier alpha value is -4.01. The third-order valence-electron chi connectivity index (χ3n) is 6.49. The van der Waals surface area contributed by atoms with Crippen LogP contribution in [0.15, 0.2) is 96.2 Å². The van der Waals surface area contributed by atoms with Crippen molar-refractivity contribution in [1.82, 2.24) is 10.3 Å². The third-order valence-corrected chi connectivity index (χ3v) is 6.49. The van der Waals surface area contributed by atoms with E-state index in [-0.39, 0.29) is 17.7 Å². The van der Waals surface area contributed by atoms with Crippen LogP contribution in [0.25, 0.3) is 0 Å². The molecule has 1 saturated heterocycles. The van der Waals surface area contributed by atoms with Crippen molar-refractivity contribution in [3.63, 3.8) is 0 Å². The molecule has 2 aliphatic rings. The number of amides is 1. The van der Waals surface area contributed by atoms with Gasteiger partial charge < -0.3 is 24.3 Å². The first kappa shape index (κ1) is 24.7. The topological polar surface area (TPSA) is 96.0 Å². The maximum absolute atomic E-state index is 13.5. The molecule has 1 aromatic heterocycles. The van der Waals surface area contributed by atoms with Gasteiger partial charge in [0, 0.05) is 12.6 Å². The number of hydrogen-bond acceptors (Lipinski definition) is 7. The van der Waals surface area contributed by atoms with E-state index in [9.17, 15) is 9.59 Å². The summed E-state index contributed by atoms with van der Waals surface area (Å²) in [5.74, 6) is -2.20.